The molecule has 6 nitrogen and oxygen atoms in total. The van der Waals surface area contributed by atoms with Gasteiger partial charge in [0.25, 0.3) is 0 Å². The minimum atomic E-state index is -0.835. The minimum absolute atomic E-state index is 0.0759. The SMILES string of the molecule is NCC(O)c1cn[nH]c1C(O)CN. The van der Waals surface area contributed by atoms with E-state index in [1.54, 1.807) is 0 Å². The maximum atomic E-state index is 9.41. The summed E-state index contributed by atoms with van der Waals surface area (Å²) in [6.07, 6.45) is -0.209. The highest BCUT2D eigenvalue weighted by Crippen LogP contribution is 2.19. The van der Waals surface area contributed by atoms with E-state index >= 15 is 0 Å². The lowest BCUT2D eigenvalue weighted by molar-refractivity contribution is 0.160. The second kappa shape index (κ2) is 4.33. The molecule has 0 spiro atoms. The Morgan fingerprint density at radius 3 is 2.46 bits per heavy atom. The molecule has 2 unspecified atom stereocenters. The van der Waals surface area contributed by atoms with Gasteiger partial charge in [0.2, 0.25) is 0 Å². The van der Waals surface area contributed by atoms with Crippen LogP contribution in [0.2, 0.25) is 0 Å². The van der Waals surface area contributed by atoms with Gasteiger partial charge in [-0.2, -0.15) is 5.10 Å². The van der Waals surface area contributed by atoms with E-state index in [1.807, 2.05) is 0 Å². The third-order valence-electron chi connectivity index (χ3n) is 1.84. The summed E-state index contributed by atoms with van der Waals surface area (Å²) in [5.41, 5.74) is 11.5. The van der Waals surface area contributed by atoms with Crippen molar-refractivity contribution in [3.63, 3.8) is 0 Å². The number of H-pyrrole nitrogens is 1. The normalized spacial score (nSPS) is 15.7. The molecule has 13 heavy (non-hydrogen) atoms. The number of nitrogens with zero attached hydrogens (tertiary/aromatic N) is 1. The van der Waals surface area contributed by atoms with Crippen LogP contribution in [0.15, 0.2) is 6.20 Å². The summed E-state index contributed by atoms with van der Waals surface area (Å²) in [6, 6.07) is 0. The average Bonchev–Trinajstić information content (AvgIpc) is 2.63. The van der Waals surface area contributed by atoms with E-state index in [9.17, 15) is 10.2 Å². The third-order valence-corrected chi connectivity index (χ3v) is 1.84. The molecule has 7 N–H and O–H groups in total. The fraction of sp³-hybridized carbons (Fsp3) is 0.571. The zero-order chi connectivity index (χ0) is 9.84. The summed E-state index contributed by atoms with van der Waals surface area (Å²) in [6.45, 7) is 0.163. The van der Waals surface area contributed by atoms with Crippen molar-refractivity contribution in [2.45, 2.75) is 12.2 Å². The molecule has 1 aromatic rings. The number of aliphatic hydroxyl groups is 2. The molecule has 0 amide bonds. The van der Waals surface area contributed by atoms with Crippen LogP contribution in [-0.2, 0) is 0 Å². The summed E-state index contributed by atoms with van der Waals surface area (Å²) in [4.78, 5) is 0. The fourth-order valence-electron chi connectivity index (χ4n) is 1.08. The lowest BCUT2D eigenvalue weighted by Gasteiger charge is -2.11. The van der Waals surface area contributed by atoms with Crippen LogP contribution in [0.25, 0.3) is 0 Å². The molecule has 1 rings (SSSR count). The number of aromatic amines is 1. The number of aromatic nitrogens is 2. The molecule has 2 atom stereocenters. The first-order valence-electron chi connectivity index (χ1n) is 4.00. The van der Waals surface area contributed by atoms with Gasteiger partial charge in [-0.25, -0.2) is 0 Å². The average molecular weight is 186 g/mol. The van der Waals surface area contributed by atoms with Crippen LogP contribution in [0, 0.1) is 0 Å². The molecule has 0 bridgehead atoms. The molecule has 6 heteroatoms. The Morgan fingerprint density at radius 2 is 1.92 bits per heavy atom. The van der Waals surface area contributed by atoms with Crippen LogP contribution in [0.4, 0.5) is 0 Å². The Balaban J connectivity index is 2.88. The minimum Gasteiger partial charge on any atom is -0.387 e. The van der Waals surface area contributed by atoms with Gasteiger partial charge in [0.15, 0.2) is 0 Å². The molecule has 1 aromatic heterocycles. The van der Waals surface area contributed by atoms with Crippen molar-refractivity contribution in [1.29, 1.82) is 0 Å². The molecule has 1 heterocycles. The lowest BCUT2D eigenvalue weighted by Crippen LogP contribution is -2.17. The predicted octanol–water partition coefficient (Wildman–Crippen LogP) is -1.61. The molecular weight excluding hydrogens is 172 g/mol. The Labute approximate surface area is 75.6 Å². The Kier molecular flexibility index (Phi) is 3.38. The van der Waals surface area contributed by atoms with E-state index in [1.165, 1.54) is 6.20 Å². The quantitative estimate of drug-likeness (QED) is 0.387. The fourth-order valence-corrected chi connectivity index (χ4v) is 1.08. The molecule has 0 aromatic carbocycles. The van der Waals surface area contributed by atoms with Gasteiger partial charge >= 0.3 is 0 Å². The number of rotatable bonds is 4. The van der Waals surface area contributed by atoms with Gasteiger partial charge < -0.3 is 21.7 Å². The molecule has 74 valence electrons. The summed E-state index contributed by atoms with van der Waals surface area (Å²) >= 11 is 0. The van der Waals surface area contributed by atoms with E-state index < -0.39 is 12.2 Å². The number of aliphatic hydroxyl groups excluding tert-OH is 2. The van der Waals surface area contributed by atoms with Gasteiger partial charge in [0.05, 0.1) is 18.0 Å². The Hall–Kier alpha value is -0.950. The summed E-state index contributed by atoms with van der Waals surface area (Å²) in [5.74, 6) is 0. The van der Waals surface area contributed by atoms with Crippen LogP contribution in [0.5, 0.6) is 0 Å². The Bertz CT molecular complexity index is 238. The Morgan fingerprint density at radius 1 is 1.31 bits per heavy atom. The van der Waals surface area contributed by atoms with E-state index in [0.29, 0.717) is 11.3 Å². The number of hydrogen-bond donors (Lipinski definition) is 5. The van der Waals surface area contributed by atoms with Crippen LogP contribution in [0.3, 0.4) is 0 Å². The number of hydrogen-bond acceptors (Lipinski definition) is 5. The van der Waals surface area contributed by atoms with E-state index in [2.05, 4.69) is 10.2 Å². The predicted molar refractivity (Wildman–Crippen MR) is 46.6 cm³/mol. The van der Waals surface area contributed by atoms with Crippen molar-refractivity contribution < 1.29 is 10.2 Å². The maximum absolute atomic E-state index is 9.41. The van der Waals surface area contributed by atoms with Crippen LogP contribution < -0.4 is 11.5 Å². The monoisotopic (exact) mass is 186 g/mol. The molecule has 0 radical (unpaired) electrons. The van der Waals surface area contributed by atoms with Crippen molar-refractivity contribution in [3.05, 3.63) is 17.5 Å². The van der Waals surface area contributed by atoms with Crippen LogP contribution in [-0.4, -0.2) is 33.5 Å². The highest BCUT2D eigenvalue weighted by molar-refractivity contribution is 5.21. The summed E-state index contributed by atoms with van der Waals surface area (Å²) < 4.78 is 0. The van der Waals surface area contributed by atoms with Crippen molar-refractivity contribution >= 4 is 0 Å². The molecule has 0 saturated heterocycles. The highest BCUT2D eigenvalue weighted by atomic mass is 16.3. The molecule has 0 aliphatic carbocycles. The zero-order valence-electron chi connectivity index (χ0n) is 7.14. The van der Waals surface area contributed by atoms with Gasteiger partial charge in [0.1, 0.15) is 6.10 Å². The highest BCUT2D eigenvalue weighted by Gasteiger charge is 2.17. The second-order valence-corrected chi connectivity index (χ2v) is 2.74. The maximum Gasteiger partial charge on any atom is 0.108 e. The smallest absolute Gasteiger partial charge is 0.108 e. The number of nitrogens with one attached hydrogen (secondary N) is 1. The summed E-state index contributed by atoms with van der Waals surface area (Å²) in [7, 11) is 0. The van der Waals surface area contributed by atoms with E-state index in [-0.39, 0.29) is 13.1 Å². The molecular formula is C7H14N4O2. The first-order chi connectivity index (χ1) is 6.20. The zero-order valence-corrected chi connectivity index (χ0v) is 7.14. The first kappa shape index (κ1) is 10.1. The van der Waals surface area contributed by atoms with E-state index in [0.717, 1.165) is 0 Å². The lowest BCUT2D eigenvalue weighted by atomic mass is 10.1. The van der Waals surface area contributed by atoms with Gasteiger partial charge in [0, 0.05) is 18.7 Å². The van der Waals surface area contributed by atoms with Crippen molar-refractivity contribution in [2.24, 2.45) is 11.5 Å². The third kappa shape index (κ3) is 2.04. The van der Waals surface area contributed by atoms with Gasteiger partial charge in [-0.05, 0) is 0 Å². The second-order valence-electron chi connectivity index (χ2n) is 2.74. The van der Waals surface area contributed by atoms with Crippen molar-refractivity contribution in [3.8, 4) is 0 Å². The van der Waals surface area contributed by atoms with Gasteiger partial charge in [-0.15, -0.1) is 0 Å². The standard InChI is InChI=1S/C7H14N4O2/c8-1-5(12)4-3-10-11-7(4)6(13)2-9/h3,5-6,12-13H,1-2,8-9H2,(H,10,11). The topological polar surface area (TPSA) is 121 Å². The molecule has 0 aliphatic rings. The van der Waals surface area contributed by atoms with Crippen molar-refractivity contribution in [1.82, 2.24) is 10.2 Å². The van der Waals surface area contributed by atoms with E-state index in [4.69, 9.17) is 11.5 Å². The van der Waals surface area contributed by atoms with Gasteiger partial charge in [-0.3, -0.25) is 5.10 Å². The summed E-state index contributed by atoms with van der Waals surface area (Å²) in [5, 5.41) is 25.1. The van der Waals surface area contributed by atoms with Crippen LogP contribution >= 0.6 is 0 Å². The molecule has 0 aliphatic heterocycles. The molecule has 0 saturated carbocycles. The first-order valence-corrected chi connectivity index (χ1v) is 4.00. The van der Waals surface area contributed by atoms with Crippen LogP contribution in [0.1, 0.15) is 23.5 Å². The number of nitrogens with two attached hydrogens (primary N) is 2. The largest absolute Gasteiger partial charge is 0.387 e. The van der Waals surface area contributed by atoms with Gasteiger partial charge in [-0.1, -0.05) is 0 Å². The molecule has 0 fully saturated rings. The van der Waals surface area contributed by atoms with Crippen molar-refractivity contribution in [2.75, 3.05) is 13.1 Å².